The van der Waals surface area contributed by atoms with Gasteiger partial charge in [-0.05, 0) is 30.0 Å². The second-order valence-electron chi connectivity index (χ2n) is 9.21. The highest BCUT2D eigenvalue weighted by atomic mass is 16.5. The second-order valence-corrected chi connectivity index (χ2v) is 9.21. The molecule has 0 amide bonds. The Hall–Kier alpha value is -3.06. The van der Waals surface area contributed by atoms with E-state index in [9.17, 15) is 10.2 Å². The summed E-state index contributed by atoms with van der Waals surface area (Å²) in [5, 5.41) is 26.1. The Bertz CT molecular complexity index is 1040. The van der Waals surface area contributed by atoms with Crippen molar-refractivity contribution >= 4 is 6.08 Å². The molecule has 0 aliphatic rings. The normalized spacial score (nSPS) is 15.6. The summed E-state index contributed by atoms with van der Waals surface area (Å²) in [6.45, 7) is 6.52. The fourth-order valence-electron chi connectivity index (χ4n) is 4.07. The van der Waals surface area contributed by atoms with Crippen LogP contribution < -0.4 is 5.32 Å². The van der Waals surface area contributed by atoms with Gasteiger partial charge in [0.15, 0.2) is 0 Å². The molecule has 0 radical (unpaired) electrons. The van der Waals surface area contributed by atoms with Gasteiger partial charge in [0, 0.05) is 6.04 Å². The summed E-state index contributed by atoms with van der Waals surface area (Å²) < 4.78 is 12.0. The summed E-state index contributed by atoms with van der Waals surface area (Å²) in [7, 11) is 0. The van der Waals surface area contributed by atoms with Crippen LogP contribution in [0.5, 0.6) is 0 Å². The molecule has 5 nitrogen and oxygen atoms in total. The molecule has 3 N–H and O–H groups in total. The van der Waals surface area contributed by atoms with E-state index in [0.29, 0.717) is 6.61 Å². The Kier molecular flexibility index (Phi) is 12.3. The SMILES string of the molecule is C=CC[C@@H](C)N[C@H](/C=C/c1ccccc1)[C@@H](O)[C@@H](OCc1ccccc1)[C@@H](O)COCc1ccccc1. The monoisotopic (exact) mass is 501 g/mol. The summed E-state index contributed by atoms with van der Waals surface area (Å²) in [6, 6.07) is 29.0. The van der Waals surface area contributed by atoms with Crippen LogP contribution in [0.25, 0.3) is 6.08 Å². The lowest BCUT2D eigenvalue weighted by Gasteiger charge is -2.33. The quantitative estimate of drug-likeness (QED) is 0.237. The number of hydrogen-bond acceptors (Lipinski definition) is 5. The van der Waals surface area contributed by atoms with Crippen LogP contribution in [0.3, 0.4) is 0 Å². The van der Waals surface area contributed by atoms with Crippen molar-refractivity contribution in [3.8, 4) is 0 Å². The summed E-state index contributed by atoms with van der Waals surface area (Å²) in [5.74, 6) is 0. The highest BCUT2D eigenvalue weighted by molar-refractivity contribution is 5.49. The van der Waals surface area contributed by atoms with E-state index in [1.807, 2.05) is 116 Å². The van der Waals surface area contributed by atoms with Gasteiger partial charge in [0.1, 0.15) is 18.3 Å². The largest absolute Gasteiger partial charge is 0.388 e. The number of nitrogens with one attached hydrogen (secondary N) is 1. The van der Waals surface area contributed by atoms with Crippen LogP contribution in [0.4, 0.5) is 0 Å². The molecule has 3 rings (SSSR count). The molecular weight excluding hydrogens is 462 g/mol. The average molecular weight is 502 g/mol. The van der Waals surface area contributed by atoms with Crippen molar-refractivity contribution in [3.05, 3.63) is 126 Å². The first-order valence-electron chi connectivity index (χ1n) is 12.8. The van der Waals surface area contributed by atoms with E-state index in [0.717, 1.165) is 23.1 Å². The third kappa shape index (κ3) is 10.1. The first-order valence-corrected chi connectivity index (χ1v) is 12.8. The fraction of sp³-hybridized carbons (Fsp3) is 0.312. The lowest BCUT2D eigenvalue weighted by molar-refractivity contribution is -0.132. The first kappa shape index (κ1) is 28.5. The molecule has 0 saturated carbocycles. The van der Waals surface area contributed by atoms with Crippen LogP contribution in [0, 0.1) is 0 Å². The molecule has 0 saturated heterocycles. The van der Waals surface area contributed by atoms with Gasteiger partial charge < -0.3 is 25.0 Å². The minimum absolute atomic E-state index is 0.0305. The molecule has 196 valence electrons. The zero-order valence-electron chi connectivity index (χ0n) is 21.5. The van der Waals surface area contributed by atoms with Gasteiger partial charge in [-0.2, -0.15) is 0 Å². The number of aliphatic hydroxyl groups excluding tert-OH is 2. The predicted molar refractivity (Wildman–Crippen MR) is 150 cm³/mol. The van der Waals surface area contributed by atoms with Crippen molar-refractivity contribution in [2.45, 2.75) is 57.0 Å². The van der Waals surface area contributed by atoms with E-state index in [1.54, 1.807) is 0 Å². The molecule has 3 aromatic rings. The Morgan fingerprint density at radius 1 is 0.838 bits per heavy atom. The van der Waals surface area contributed by atoms with Gasteiger partial charge in [0.05, 0.1) is 25.9 Å². The second kappa shape index (κ2) is 15.9. The zero-order chi connectivity index (χ0) is 26.3. The van der Waals surface area contributed by atoms with Gasteiger partial charge in [-0.1, -0.05) is 109 Å². The molecule has 0 spiro atoms. The van der Waals surface area contributed by atoms with Crippen molar-refractivity contribution in [1.82, 2.24) is 5.32 Å². The smallest absolute Gasteiger partial charge is 0.114 e. The van der Waals surface area contributed by atoms with Crippen LogP contribution >= 0.6 is 0 Å². The number of rotatable bonds is 16. The molecule has 0 aliphatic heterocycles. The van der Waals surface area contributed by atoms with Crippen molar-refractivity contribution in [3.63, 3.8) is 0 Å². The Morgan fingerprint density at radius 2 is 1.41 bits per heavy atom. The molecule has 0 heterocycles. The minimum Gasteiger partial charge on any atom is -0.388 e. The maximum Gasteiger partial charge on any atom is 0.114 e. The standard InChI is InChI=1S/C32H39NO4/c1-3-13-25(2)33-29(21-20-26-14-7-4-8-15-26)31(35)32(37-23-28-18-11-6-12-19-28)30(34)24-36-22-27-16-9-5-10-17-27/h3-12,14-21,25,29-35H,1,13,22-24H2,2H3/b21-20+/t25-,29-,30+,31-,32+/m1/s1. The molecule has 5 heteroatoms. The topological polar surface area (TPSA) is 71.0 Å². The van der Waals surface area contributed by atoms with Gasteiger partial charge in [-0.25, -0.2) is 0 Å². The van der Waals surface area contributed by atoms with Crippen molar-refractivity contribution in [2.24, 2.45) is 0 Å². The number of hydrogen-bond donors (Lipinski definition) is 3. The Labute approximate surface area is 221 Å². The van der Waals surface area contributed by atoms with Gasteiger partial charge in [-0.3, -0.25) is 0 Å². The molecule has 3 aromatic carbocycles. The van der Waals surface area contributed by atoms with E-state index >= 15 is 0 Å². The molecule has 37 heavy (non-hydrogen) atoms. The summed E-state index contributed by atoms with van der Waals surface area (Å²) in [6.07, 6.45) is 3.52. The highest BCUT2D eigenvalue weighted by Crippen LogP contribution is 2.17. The first-order chi connectivity index (χ1) is 18.1. The third-order valence-electron chi connectivity index (χ3n) is 6.06. The molecule has 0 aliphatic carbocycles. The Balaban J connectivity index is 1.76. The summed E-state index contributed by atoms with van der Waals surface area (Å²) >= 11 is 0. The number of aliphatic hydroxyl groups is 2. The lowest BCUT2D eigenvalue weighted by atomic mass is 9.98. The van der Waals surface area contributed by atoms with Crippen molar-refractivity contribution < 1.29 is 19.7 Å². The van der Waals surface area contributed by atoms with E-state index in [2.05, 4.69) is 11.9 Å². The number of ether oxygens (including phenoxy) is 2. The van der Waals surface area contributed by atoms with Crippen molar-refractivity contribution in [2.75, 3.05) is 6.61 Å². The molecular formula is C32H39NO4. The molecule has 0 unspecified atom stereocenters. The zero-order valence-corrected chi connectivity index (χ0v) is 21.5. The third-order valence-corrected chi connectivity index (χ3v) is 6.06. The van der Waals surface area contributed by atoms with Crippen LogP contribution in [0.2, 0.25) is 0 Å². The maximum atomic E-state index is 11.5. The van der Waals surface area contributed by atoms with Gasteiger partial charge in [-0.15, -0.1) is 6.58 Å². The molecule has 5 atom stereocenters. The average Bonchev–Trinajstić information content (AvgIpc) is 2.93. The maximum absolute atomic E-state index is 11.5. The fourth-order valence-corrected chi connectivity index (χ4v) is 4.07. The molecule has 0 fully saturated rings. The van der Waals surface area contributed by atoms with Crippen molar-refractivity contribution in [1.29, 1.82) is 0 Å². The van der Waals surface area contributed by atoms with Gasteiger partial charge in [0.2, 0.25) is 0 Å². The van der Waals surface area contributed by atoms with Crippen LogP contribution in [0.1, 0.15) is 30.0 Å². The van der Waals surface area contributed by atoms with Gasteiger partial charge >= 0.3 is 0 Å². The summed E-state index contributed by atoms with van der Waals surface area (Å²) in [4.78, 5) is 0. The molecule has 0 aromatic heterocycles. The molecule has 0 bridgehead atoms. The van der Waals surface area contributed by atoms with E-state index in [-0.39, 0.29) is 19.3 Å². The lowest BCUT2D eigenvalue weighted by Crippen LogP contribution is -2.53. The minimum atomic E-state index is -1.04. The van der Waals surface area contributed by atoms with Crippen LogP contribution in [-0.4, -0.2) is 47.2 Å². The van der Waals surface area contributed by atoms with Crippen LogP contribution in [-0.2, 0) is 22.7 Å². The van der Waals surface area contributed by atoms with Crippen LogP contribution in [0.15, 0.2) is 110 Å². The Morgan fingerprint density at radius 3 is 2.00 bits per heavy atom. The van der Waals surface area contributed by atoms with E-state index in [4.69, 9.17) is 9.47 Å². The van der Waals surface area contributed by atoms with Gasteiger partial charge in [0.25, 0.3) is 0 Å². The summed E-state index contributed by atoms with van der Waals surface area (Å²) in [5.41, 5.74) is 2.99. The predicted octanol–water partition coefficient (Wildman–Crippen LogP) is 5.15. The van der Waals surface area contributed by atoms with E-state index < -0.39 is 24.4 Å². The van der Waals surface area contributed by atoms with E-state index in [1.165, 1.54) is 0 Å². The number of benzene rings is 3. The highest BCUT2D eigenvalue weighted by Gasteiger charge is 2.33.